The summed E-state index contributed by atoms with van der Waals surface area (Å²) < 4.78 is 10.3. The molecule has 0 saturated heterocycles. The number of ether oxygens (including phenoxy) is 2. The average molecular weight is 253 g/mol. The van der Waals surface area contributed by atoms with E-state index in [1.54, 1.807) is 18.2 Å². The largest absolute Gasteiger partial charge is 0.496 e. The van der Waals surface area contributed by atoms with E-state index in [1.165, 1.54) is 7.11 Å². The van der Waals surface area contributed by atoms with E-state index in [0.29, 0.717) is 17.0 Å². The van der Waals surface area contributed by atoms with Crippen LogP contribution < -0.4 is 10.5 Å². The number of carbonyl (C=O) groups is 1. The Hall–Kier alpha value is -1.71. The van der Waals surface area contributed by atoms with Crippen LogP contribution in [0.25, 0.3) is 0 Å². The molecule has 0 saturated carbocycles. The van der Waals surface area contributed by atoms with Gasteiger partial charge in [0.1, 0.15) is 16.9 Å². The summed E-state index contributed by atoms with van der Waals surface area (Å²) in [5, 5.41) is 0. The van der Waals surface area contributed by atoms with Gasteiger partial charge >= 0.3 is 5.97 Å². The highest BCUT2D eigenvalue weighted by atomic mass is 16.6. The van der Waals surface area contributed by atoms with Crippen LogP contribution in [0.15, 0.2) is 18.2 Å². The van der Waals surface area contributed by atoms with Gasteiger partial charge in [-0.15, -0.1) is 0 Å². The number of rotatable bonds is 2. The zero-order valence-corrected chi connectivity index (χ0v) is 12.0. The SMILES string of the molecule is CC.COc1cc(N)ccc1C(=O)OC(C)(C)C. The van der Waals surface area contributed by atoms with Crippen LogP contribution in [-0.2, 0) is 4.74 Å². The van der Waals surface area contributed by atoms with Gasteiger partial charge in [0.25, 0.3) is 0 Å². The number of hydrogen-bond acceptors (Lipinski definition) is 4. The second-order valence-corrected chi connectivity index (χ2v) is 4.46. The molecule has 4 heteroatoms. The predicted octanol–water partition coefficient (Wildman–Crippen LogP) is 3.26. The van der Waals surface area contributed by atoms with Gasteiger partial charge in [-0.05, 0) is 32.9 Å². The van der Waals surface area contributed by atoms with Crippen LogP contribution in [0.1, 0.15) is 45.0 Å². The molecule has 0 bridgehead atoms. The Morgan fingerprint density at radius 1 is 1.22 bits per heavy atom. The fourth-order valence-electron chi connectivity index (χ4n) is 1.21. The van der Waals surface area contributed by atoms with E-state index < -0.39 is 11.6 Å². The van der Waals surface area contributed by atoms with Crippen LogP contribution in [0.5, 0.6) is 5.75 Å². The number of anilines is 1. The molecule has 0 spiro atoms. The number of nitrogens with two attached hydrogens (primary N) is 1. The Bertz CT molecular complexity index is 395. The van der Waals surface area contributed by atoms with Crippen LogP contribution in [-0.4, -0.2) is 18.7 Å². The van der Waals surface area contributed by atoms with Gasteiger partial charge in [-0.3, -0.25) is 0 Å². The Kier molecular flexibility index (Phi) is 6.23. The monoisotopic (exact) mass is 253 g/mol. The van der Waals surface area contributed by atoms with Gasteiger partial charge in [0.15, 0.2) is 0 Å². The molecule has 2 N–H and O–H groups in total. The molecule has 0 fully saturated rings. The summed E-state index contributed by atoms with van der Waals surface area (Å²) in [5.41, 5.74) is 6.00. The molecule has 0 aliphatic rings. The zero-order chi connectivity index (χ0) is 14.3. The van der Waals surface area contributed by atoms with Gasteiger partial charge in [0.2, 0.25) is 0 Å². The fourth-order valence-corrected chi connectivity index (χ4v) is 1.21. The molecule has 0 amide bonds. The van der Waals surface area contributed by atoms with Gasteiger partial charge in [-0.25, -0.2) is 4.79 Å². The number of esters is 1. The minimum absolute atomic E-state index is 0.381. The standard InChI is InChI=1S/C12H17NO3.C2H6/c1-12(2,3)16-11(14)9-6-5-8(13)7-10(9)15-4;1-2/h5-7H,13H2,1-4H3;1-2H3. The van der Waals surface area contributed by atoms with Crippen molar-refractivity contribution < 1.29 is 14.3 Å². The second kappa shape index (κ2) is 6.89. The first-order valence-corrected chi connectivity index (χ1v) is 6.00. The van der Waals surface area contributed by atoms with Gasteiger partial charge in [-0.1, -0.05) is 13.8 Å². The molecule has 1 aromatic rings. The van der Waals surface area contributed by atoms with E-state index >= 15 is 0 Å². The van der Waals surface area contributed by atoms with Gasteiger partial charge in [0, 0.05) is 11.8 Å². The number of methoxy groups -OCH3 is 1. The highest BCUT2D eigenvalue weighted by Crippen LogP contribution is 2.23. The van der Waals surface area contributed by atoms with E-state index in [4.69, 9.17) is 15.2 Å². The third kappa shape index (κ3) is 5.08. The average Bonchev–Trinajstić information content (AvgIpc) is 2.29. The topological polar surface area (TPSA) is 61.5 Å². The highest BCUT2D eigenvalue weighted by molar-refractivity contribution is 5.93. The van der Waals surface area contributed by atoms with Crippen molar-refractivity contribution in [1.29, 1.82) is 0 Å². The summed E-state index contributed by atoms with van der Waals surface area (Å²) in [6.45, 7) is 9.44. The van der Waals surface area contributed by atoms with Crippen molar-refractivity contribution in [2.75, 3.05) is 12.8 Å². The minimum atomic E-state index is -0.524. The van der Waals surface area contributed by atoms with Crippen molar-refractivity contribution >= 4 is 11.7 Å². The van der Waals surface area contributed by atoms with Crippen molar-refractivity contribution in [3.8, 4) is 5.75 Å². The molecule has 0 aromatic heterocycles. The molecule has 4 nitrogen and oxygen atoms in total. The van der Waals surface area contributed by atoms with Crippen molar-refractivity contribution in [2.24, 2.45) is 0 Å². The fraction of sp³-hybridized carbons (Fsp3) is 0.500. The van der Waals surface area contributed by atoms with E-state index in [2.05, 4.69) is 0 Å². The molecule has 1 aromatic carbocycles. The van der Waals surface area contributed by atoms with E-state index in [0.717, 1.165) is 0 Å². The number of nitrogen functional groups attached to an aromatic ring is 1. The Labute approximate surface area is 109 Å². The molecule has 18 heavy (non-hydrogen) atoms. The quantitative estimate of drug-likeness (QED) is 0.649. The van der Waals surface area contributed by atoms with E-state index in [-0.39, 0.29) is 0 Å². The van der Waals surface area contributed by atoms with Crippen molar-refractivity contribution in [3.63, 3.8) is 0 Å². The smallest absolute Gasteiger partial charge is 0.342 e. The van der Waals surface area contributed by atoms with E-state index in [9.17, 15) is 4.79 Å². The summed E-state index contributed by atoms with van der Waals surface area (Å²) in [4.78, 5) is 11.8. The zero-order valence-electron chi connectivity index (χ0n) is 12.0. The van der Waals surface area contributed by atoms with Crippen LogP contribution in [0, 0.1) is 0 Å². The maximum atomic E-state index is 11.8. The van der Waals surface area contributed by atoms with Crippen LogP contribution in [0.4, 0.5) is 5.69 Å². The number of carbonyl (C=O) groups excluding carboxylic acids is 1. The molecule has 0 heterocycles. The number of benzene rings is 1. The Balaban J connectivity index is 0.00000137. The molecule has 0 aliphatic carbocycles. The van der Waals surface area contributed by atoms with Crippen molar-refractivity contribution in [1.82, 2.24) is 0 Å². The Morgan fingerprint density at radius 3 is 2.22 bits per heavy atom. The molecule has 0 atom stereocenters. The summed E-state index contributed by atoms with van der Waals surface area (Å²) >= 11 is 0. The maximum absolute atomic E-state index is 11.8. The first-order chi connectivity index (χ1) is 8.33. The lowest BCUT2D eigenvalue weighted by Gasteiger charge is -2.20. The lowest BCUT2D eigenvalue weighted by molar-refractivity contribution is 0.00666. The molecule has 1 rings (SSSR count). The van der Waals surface area contributed by atoms with Gasteiger partial charge in [-0.2, -0.15) is 0 Å². The molecular weight excluding hydrogens is 230 g/mol. The third-order valence-corrected chi connectivity index (χ3v) is 1.84. The van der Waals surface area contributed by atoms with Crippen molar-refractivity contribution in [3.05, 3.63) is 23.8 Å². The molecular formula is C14H23NO3. The molecule has 0 unspecified atom stereocenters. The molecule has 0 radical (unpaired) electrons. The summed E-state index contributed by atoms with van der Waals surface area (Å²) in [7, 11) is 1.49. The van der Waals surface area contributed by atoms with E-state index in [1.807, 2.05) is 34.6 Å². The van der Waals surface area contributed by atoms with Crippen LogP contribution in [0.2, 0.25) is 0 Å². The van der Waals surface area contributed by atoms with Crippen LogP contribution in [0.3, 0.4) is 0 Å². The third-order valence-electron chi connectivity index (χ3n) is 1.84. The second-order valence-electron chi connectivity index (χ2n) is 4.46. The molecule has 102 valence electrons. The number of hydrogen-bond donors (Lipinski definition) is 1. The first-order valence-electron chi connectivity index (χ1n) is 6.00. The predicted molar refractivity (Wildman–Crippen MR) is 73.9 cm³/mol. The summed E-state index contributed by atoms with van der Waals surface area (Å²) in [5.74, 6) is 0.0126. The summed E-state index contributed by atoms with van der Waals surface area (Å²) in [6.07, 6.45) is 0. The van der Waals surface area contributed by atoms with Gasteiger partial charge in [0.05, 0.1) is 7.11 Å². The minimum Gasteiger partial charge on any atom is -0.496 e. The molecule has 0 aliphatic heterocycles. The lowest BCUT2D eigenvalue weighted by atomic mass is 10.1. The highest BCUT2D eigenvalue weighted by Gasteiger charge is 2.20. The first kappa shape index (κ1) is 16.3. The normalized spacial score (nSPS) is 10.1. The van der Waals surface area contributed by atoms with Crippen LogP contribution >= 0.6 is 0 Å². The van der Waals surface area contributed by atoms with Gasteiger partial charge < -0.3 is 15.2 Å². The Morgan fingerprint density at radius 2 is 1.78 bits per heavy atom. The maximum Gasteiger partial charge on any atom is 0.342 e. The lowest BCUT2D eigenvalue weighted by Crippen LogP contribution is -2.24. The van der Waals surface area contributed by atoms with Crippen molar-refractivity contribution in [2.45, 2.75) is 40.2 Å². The summed E-state index contributed by atoms with van der Waals surface area (Å²) in [6, 6.07) is 4.84.